The van der Waals surface area contributed by atoms with Crippen molar-refractivity contribution in [1.82, 2.24) is 5.32 Å². The number of rotatable bonds is 6. The van der Waals surface area contributed by atoms with E-state index in [1.54, 1.807) is 0 Å². The Morgan fingerprint density at radius 1 is 1.22 bits per heavy atom. The molecule has 1 rings (SSSR count). The topological polar surface area (TPSA) is 41.5 Å². The minimum atomic E-state index is 0.0849. The first-order chi connectivity index (χ1) is 8.45. The van der Waals surface area contributed by atoms with Gasteiger partial charge < -0.3 is 15.2 Å². The van der Waals surface area contributed by atoms with Crippen molar-refractivity contribution in [2.24, 2.45) is 0 Å². The Morgan fingerprint density at radius 3 is 2.56 bits per heavy atom. The fraction of sp³-hybridized carbons (Fsp3) is 0.600. The van der Waals surface area contributed by atoms with E-state index in [-0.39, 0.29) is 12.0 Å². The largest absolute Gasteiger partial charge is 0.492 e. The molecule has 3 heteroatoms. The van der Waals surface area contributed by atoms with Crippen molar-refractivity contribution in [1.29, 1.82) is 0 Å². The summed E-state index contributed by atoms with van der Waals surface area (Å²) < 4.78 is 5.85. The molecule has 0 radical (unpaired) electrons. The molecule has 0 bridgehead atoms. The Morgan fingerprint density at radius 2 is 1.94 bits per heavy atom. The summed E-state index contributed by atoms with van der Waals surface area (Å²) in [5, 5.41) is 11.8. The van der Waals surface area contributed by atoms with Gasteiger partial charge in [-0.25, -0.2) is 0 Å². The van der Waals surface area contributed by atoms with E-state index in [1.165, 1.54) is 11.1 Å². The van der Waals surface area contributed by atoms with E-state index < -0.39 is 0 Å². The van der Waals surface area contributed by atoms with Crippen LogP contribution in [0.25, 0.3) is 0 Å². The number of hydrogen-bond acceptors (Lipinski definition) is 3. The van der Waals surface area contributed by atoms with Gasteiger partial charge in [0, 0.05) is 13.1 Å². The lowest BCUT2D eigenvalue weighted by atomic mass is 9.86. The number of aliphatic hydroxyl groups excluding tert-OH is 1. The van der Waals surface area contributed by atoms with E-state index in [4.69, 9.17) is 9.84 Å². The normalized spacial score (nSPS) is 11.6. The van der Waals surface area contributed by atoms with E-state index in [1.807, 2.05) is 0 Å². The number of benzene rings is 1. The van der Waals surface area contributed by atoms with Gasteiger partial charge in [0.1, 0.15) is 12.4 Å². The van der Waals surface area contributed by atoms with E-state index in [2.05, 4.69) is 51.2 Å². The lowest BCUT2D eigenvalue weighted by Crippen LogP contribution is -2.24. The van der Waals surface area contributed by atoms with Gasteiger partial charge in [-0.3, -0.25) is 0 Å². The minimum absolute atomic E-state index is 0.0849. The third kappa shape index (κ3) is 4.67. The van der Waals surface area contributed by atoms with Crippen molar-refractivity contribution in [3.8, 4) is 5.75 Å². The smallest absolute Gasteiger partial charge is 0.123 e. The highest BCUT2D eigenvalue weighted by molar-refractivity contribution is 5.41. The summed E-state index contributed by atoms with van der Waals surface area (Å²) in [7, 11) is 0. The monoisotopic (exact) mass is 251 g/mol. The van der Waals surface area contributed by atoms with Crippen LogP contribution >= 0.6 is 0 Å². The molecule has 18 heavy (non-hydrogen) atoms. The standard InChI is InChI=1S/C15H25NO2/c1-12-5-6-13(15(2,3)4)14(11-12)18-10-8-16-7-9-17/h5-6,11,16-17H,7-10H2,1-4H3. The van der Waals surface area contributed by atoms with Gasteiger partial charge in [-0.05, 0) is 29.5 Å². The lowest BCUT2D eigenvalue weighted by molar-refractivity contribution is 0.273. The molecule has 0 aliphatic rings. The summed E-state index contributed by atoms with van der Waals surface area (Å²) in [5.74, 6) is 0.966. The zero-order valence-corrected chi connectivity index (χ0v) is 11.9. The molecule has 102 valence electrons. The summed E-state index contributed by atoms with van der Waals surface area (Å²) in [4.78, 5) is 0. The number of aryl methyl sites for hydroxylation is 1. The molecule has 0 aliphatic heterocycles. The Kier molecular flexibility index (Phi) is 5.63. The molecular formula is C15H25NO2. The van der Waals surface area contributed by atoms with Crippen LogP contribution in [-0.2, 0) is 5.41 Å². The second-order valence-corrected chi connectivity index (χ2v) is 5.57. The van der Waals surface area contributed by atoms with Crippen LogP contribution in [0, 0.1) is 6.92 Å². The number of aliphatic hydroxyl groups is 1. The van der Waals surface area contributed by atoms with Crippen molar-refractivity contribution in [3.05, 3.63) is 29.3 Å². The zero-order chi connectivity index (χ0) is 13.6. The van der Waals surface area contributed by atoms with Crippen LogP contribution in [-0.4, -0.2) is 31.4 Å². The Hall–Kier alpha value is -1.06. The number of hydrogen-bond donors (Lipinski definition) is 2. The average molecular weight is 251 g/mol. The molecule has 3 nitrogen and oxygen atoms in total. The molecule has 1 aromatic carbocycles. The lowest BCUT2D eigenvalue weighted by Gasteiger charge is -2.23. The van der Waals surface area contributed by atoms with Gasteiger partial charge in [-0.15, -0.1) is 0 Å². The van der Waals surface area contributed by atoms with Crippen LogP contribution in [0.5, 0.6) is 5.75 Å². The maximum absolute atomic E-state index is 8.67. The SMILES string of the molecule is Cc1ccc(C(C)(C)C)c(OCCNCCO)c1. The van der Waals surface area contributed by atoms with Crippen molar-refractivity contribution in [2.45, 2.75) is 33.1 Å². The van der Waals surface area contributed by atoms with Crippen molar-refractivity contribution in [3.63, 3.8) is 0 Å². The van der Waals surface area contributed by atoms with Gasteiger partial charge in [0.2, 0.25) is 0 Å². The maximum Gasteiger partial charge on any atom is 0.123 e. The zero-order valence-electron chi connectivity index (χ0n) is 11.9. The quantitative estimate of drug-likeness (QED) is 0.762. The van der Waals surface area contributed by atoms with Crippen molar-refractivity contribution in [2.75, 3.05) is 26.3 Å². The average Bonchev–Trinajstić information content (AvgIpc) is 2.27. The van der Waals surface area contributed by atoms with Crippen LogP contribution in [0.3, 0.4) is 0 Å². The molecule has 0 fully saturated rings. The second kappa shape index (κ2) is 6.76. The first kappa shape index (κ1) is 15.0. The third-order valence-electron chi connectivity index (χ3n) is 2.77. The van der Waals surface area contributed by atoms with E-state index in [9.17, 15) is 0 Å². The molecule has 0 heterocycles. The van der Waals surface area contributed by atoms with Crippen LogP contribution < -0.4 is 10.1 Å². The predicted octanol–water partition coefficient (Wildman–Crippen LogP) is 2.25. The van der Waals surface area contributed by atoms with Gasteiger partial charge in [-0.2, -0.15) is 0 Å². The highest BCUT2D eigenvalue weighted by Crippen LogP contribution is 2.31. The minimum Gasteiger partial charge on any atom is -0.492 e. The molecule has 0 aromatic heterocycles. The Labute approximate surface area is 110 Å². The van der Waals surface area contributed by atoms with Crippen molar-refractivity contribution >= 4 is 0 Å². The molecular weight excluding hydrogens is 226 g/mol. The van der Waals surface area contributed by atoms with Crippen LogP contribution in [0.1, 0.15) is 31.9 Å². The van der Waals surface area contributed by atoms with Crippen LogP contribution in [0.2, 0.25) is 0 Å². The Bertz CT molecular complexity index is 369. The fourth-order valence-electron chi connectivity index (χ4n) is 1.81. The molecule has 0 unspecified atom stereocenters. The second-order valence-electron chi connectivity index (χ2n) is 5.57. The number of ether oxygens (including phenoxy) is 1. The van der Waals surface area contributed by atoms with Crippen LogP contribution in [0.15, 0.2) is 18.2 Å². The summed E-state index contributed by atoms with van der Waals surface area (Å²) in [6.07, 6.45) is 0. The molecule has 0 aliphatic carbocycles. The molecule has 0 spiro atoms. The molecule has 1 aromatic rings. The molecule has 0 saturated carbocycles. The first-order valence-electron chi connectivity index (χ1n) is 6.50. The first-order valence-corrected chi connectivity index (χ1v) is 6.50. The summed E-state index contributed by atoms with van der Waals surface area (Å²) in [5.41, 5.74) is 2.53. The maximum atomic E-state index is 8.67. The van der Waals surface area contributed by atoms with Crippen molar-refractivity contribution < 1.29 is 9.84 Å². The van der Waals surface area contributed by atoms with Gasteiger partial charge in [0.25, 0.3) is 0 Å². The molecule has 0 amide bonds. The number of nitrogens with one attached hydrogen (secondary N) is 1. The van der Waals surface area contributed by atoms with Gasteiger partial charge in [0.15, 0.2) is 0 Å². The fourth-order valence-corrected chi connectivity index (χ4v) is 1.81. The highest BCUT2D eigenvalue weighted by atomic mass is 16.5. The molecule has 0 saturated heterocycles. The Balaban J connectivity index is 2.65. The van der Waals surface area contributed by atoms with E-state index >= 15 is 0 Å². The van der Waals surface area contributed by atoms with Gasteiger partial charge in [0.05, 0.1) is 6.61 Å². The summed E-state index contributed by atoms with van der Waals surface area (Å²) in [6.45, 7) is 10.8. The van der Waals surface area contributed by atoms with E-state index in [0.29, 0.717) is 13.2 Å². The molecule has 2 N–H and O–H groups in total. The molecule has 0 atom stereocenters. The van der Waals surface area contributed by atoms with Crippen LogP contribution in [0.4, 0.5) is 0 Å². The highest BCUT2D eigenvalue weighted by Gasteiger charge is 2.18. The third-order valence-corrected chi connectivity index (χ3v) is 2.77. The van der Waals surface area contributed by atoms with Gasteiger partial charge >= 0.3 is 0 Å². The van der Waals surface area contributed by atoms with Gasteiger partial charge in [-0.1, -0.05) is 32.9 Å². The van der Waals surface area contributed by atoms with E-state index in [0.717, 1.165) is 12.3 Å². The summed E-state index contributed by atoms with van der Waals surface area (Å²) >= 11 is 0. The summed E-state index contributed by atoms with van der Waals surface area (Å²) in [6, 6.07) is 6.36. The predicted molar refractivity (Wildman–Crippen MR) is 75.3 cm³/mol.